The quantitative estimate of drug-likeness (QED) is 0.750. The second-order valence-electron chi connectivity index (χ2n) is 7.42. The van der Waals surface area contributed by atoms with E-state index >= 15 is 0 Å². The maximum atomic E-state index is 14.1. The van der Waals surface area contributed by atoms with Crippen LogP contribution in [0.4, 0.5) is 14.7 Å². The van der Waals surface area contributed by atoms with Crippen molar-refractivity contribution in [2.45, 2.75) is 31.2 Å². The lowest BCUT2D eigenvalue weighted by atomic mass is 10.1. The highest BCUT2D eigenvalue weighted by molar-refractivity contribution is 5.82. The third-order valence-corrected chi connectivity index (χ3v) is 5.21. The fraction of sp³-hybridized carbons (Fsp3) is 0.368. The first-order valence-corrected chi connectivity index (χ1v) is 9.18. The molecule has 28 heavy (non-hydrogen) atoms. The van der Waals surface area contributed by atoms with E-state index in [0.29, 0.717) is 11.3 Å². The number of nitrogens with zero attached hydrogens (tertiary/aromatic N) is 5. The largest absolute Gasteiger partial charge is 0.368 e. The lowest BCUT2D eigenvalue weighted by Gasteiger charge is -2.21. The van der Waals surface area contributed by atoms with Crippen molar-refractivity contribution in [3.05, 3.63) is 42.2 Å². The molecular formula is C19H18F2N6O. The van der Waals surface area contributed by atoms with Gasteiger partial charge in [-0.3, -0.25) is 4.79 Å². The van der Waals surface area contributed by atoms with Gasteiger partial charge in [0.05, 0.1) is 18.3 Å². The van der Waals surface area contributed by atoms with Crippen molar-refractivity contribution in [1.82, 2.24) is 24.5 Å². The normalized spacial score (nSPS) is 21.4. The van der Waals surface area contributed by atoms with Gasteiger partial charge in [-0.25, -0.2) is 18.7 Å². The molecule has 0 spiro atoms. The van der Waals surface area contributed by atoms with Gasteiger partial charge < -0.3 is 10.6 Å². The number of rotatable bonds is 3. The Morgan fingerprint density at radius 1 is 1.18 bits per heavy atom. The fourth-order valence-corrected chi connectivity index (χ4v) is 3.67. The number of fused-ring (bicyclic) bond motifs is 1. The molecule has 1 amide bonds. The zero-order chi connectivity index (χ0) is 19.5. The van der Waals surface area contributed by atoms with Gasteiger partial charge in [-0.2, -0.15) is 4.52 Å². The van der Waals surface area contributed by atoms with Crippen LogP contribution >= 0.6 is 0 Å². The van der Waals surface area contributed by atoms with Crippen LogP contribution in [-0.4, -0.2) is 42.9 Å². The Morgan fingerprint density at radius 2 is 1.93 bits per heavy atom. The van der Waals surface area contributed by atoms with Crippen LogP contribution in [-0.2, 0) is 4.79 Å². The number of nitrogen functional groups attached to an aromatic ring is 1. The maximum absolute atomic E-state index is 14.1. The summed E-state index contributed by atoms with van der Waals surface area (Å²) in [5.74, 6) is -3.06. The zero-order valence-electron chi connectivity index (χ0n) is 14.9. The molecule has 1 aliphatic carbocycles. The second kappa shape index (κ2) is 5.95. The van der Waals surface area contributed by atoms with Crippen molar-refractivity contribution in [2.75, 3.05) is 12.3 Å². The minimum atomic E-state index is -2.95. The molecule has 3 aromatic rings. The van der Waals surface area contributed by atoms with Gasteiger partial charge in [0.15, 0.2) is 11.5 Å². The van der Waals surface area contributed by atoms with E-state index in [1.54, 1.807) is 6.07 Å². The number of hydrogen-bond donors (Lipinski definition) is 1. The van der Waals surface area contributed by atoms with Gasteiger partial charge in [-0.1, -0.05) is 30.3 Å². The van der Waals surface area contributed by atoms with Crippen molar-refractivity contribution >= 4 is 17.5 Å². The predicted molar refractivity (Wildman–Crippen MR) is 97.4 cm³/mol. The van der Waals surface area contributed by atoms with Crippen LogP contribution in [0.2, 0.25) is 0 Å². The molecule has 2 N–H and O–H groups in total. The highest BCUT2D eigenvalue weighted by atomic mass is 19.3. The Kier molecular flexibility index (Phi) is 3.62. The van der Waals surface area contributed by atoms with Crippen molar-refractivity contribution in [3.63, 3.8) is 0 Å². The number of carbonyl (C=O) groups is 1. The summed E-state index contributed by atoms with van der Waals surface area (Å²) >= 11 is 0. The van der Waals surface area contributed by atoms with Crippen LogP contribution in [0.25, 0.3) is 16.9 Å². The molecule has 5 rings (SSSR count). The molecule has 1 saturated heterocycles. The molecule has 2 aromatic heterocycles. The number of anilines is 1. The maximum Gasteiger partial charge on any atom is 0.267 e. The summed E-state index contributed by atoms with van der Waals surface area (Å²) in [6, 6.07) is 10.3. The molecule has 144 valence electrons. The van der Waals surface area contributed by atoms with E-state index in [9.17, 15) is 13.6 Å². The summed E-state index contributed by atoms with van der Waals surface area (Å²) in [5, 5.41) is 4.30. The molecule has 1 aliphatic heterocycles. The van der Waals surface area contributed by atoms with Gasteiger partial charge >= 0.3 is 0 Å². The smallest absolute Gasteiger partial charge is 0.267 e. The number of benzene rings is 1. The predicted octanol–water partition coefficient (Wildman–Crippen LogP) is 2.69. The van der Waals surface area contributed by atoms with Crippen LogP contribution in [0, 0.1) is 5.92 Å². The molecule has 7 nitrogen and oxygen atoms in total. The number of nitrogens with two attached hydrogens (primary N) is 1. The molecule has 1 atom stereocenters. The number of carbonyl (C=O) groups excluding carboxylic acids is 1. The van der Waals surface area contributed by atoms with E-state index < -0.39 is 24.9 Å². The molecule has 0 radical (unpaired) electrons. The van der Waals surface area contributed by atoms with Gasteiger partial charge in [0.1, 0.15) is 0 Å². The number of amides is 1. The third kappa shape index (κ3) is 2.87. The summed E-state index contributed by atoms with van der Waals surface area (Å²) in [4.78, 5) is 22.5. The van der Waals surface area contributed by atoms with E-state index in [1.807, 2.05) is 30.3 Å². The molecule has 2 aliphatic rings. The zero-order valence-corrected chi connectivity index (χ0v) is 14.9. The number of halogens is 2. The molecule has 3 heterocycles. The Bertz CT molecular complexity index is 1060. The van der Waals surface area contributed by atoms with E-state index in [-0.39, 0.29) is 23.6 Å². The van der Waals surface area contributed by atoms with Crippen molar-refractivity contribution < 1.29 is 13.6 Å². The van der Waals surface area contributed by atoms with Crippen LogP contribution < -0.4 is 5.73 Å². The standard InChI is InChI=1S/C19H18F2N6O/c20-19(21)9-14(26(10-19)17(28)12-6-7-12)16-24-15-8-13(11-4-2-1-3-5-11)23-18(22)27(15)25-16/h1-5,8,12,14H,6-7,9-10H2,(H2,22,23)/t14-/m0/s1. The third-order valence-electron chi connectivity index (χ3n) is 5.21. The first kappa shape index (κ1) is 17.0. The monoisotopic (exact) mass is 384 g/mol. The van der Waals surface area contributed by atoms with Gasteiger partial charge in [-0.05, 0) is 12.8 Å². The first-order chi connectivity index (χ1) is 13.4. The summed E-state index contributed by atoms with van der Waals surface area (Å²) in [6.45, 7) is -0.592. The SMILES string of the molecule is Nc1nc(-c2ccccc2)cc2nc([C@@H]3CC(F)(F)CN3C(=O)C3CC3)nn12. The molecule has 0 bridgehead atoms. The van der Waals surface area contributed by atoms with E-state index in [2.05, 4.69) is 15.1 Å². The van der Waals surface area contributed by atoms with E-state index in [1.165, 1.54) is 9.42 Å². The molecule has 1 saturated carbocycles. The van der Waals surface area contributed by atoms with Gasteiger partial charge in [0.2, 0.25) is 11.9 Å². The van der Waals surface area contributed by atoms with Crippen molar-refractivity contribution in [3.8, 4) is 11.3 Å². The molecule has 2 fully saturated rings. The summed E-state index contributed by atoms with van der Waals surface area (Å²) < 4.78 is 29.5. The fourth-order valence-electron chi connectivity index (χ4n) is 3.67. The first-order valence-electron chi connectivity index (χ1n) is 9.18. The Morgan fingerprint density at radius 3 is 2.64 bits per heavy atom. The number of hydrogen-bond acceptors (Lipinski definition) is 5. The Balaban J connectivity index is 1.55. The van der Waals surface area contributed by atoms with E-state index in [0.717, 1.165) is 18.4 Å². The number of alkyl halides is 2. The van der Waals surface area contributed by atoms with Crippen LogP contribution in [0.3, 0.4) is 0 Å². The Labute approximate surface area is 159 Å². The summed E-state index contributed by atoms with van der Waals surface area (Å²) in [7, 11) is 0. The van der Waals surface area contributed by atoms with Crippen LogP contribution in [0.15, 0.2) is 36.4 Å². The lowest BCUT2D eigenvalue weighted by molar-refractivity contribution is -0.134. The topological polar surface area (TPSA) is 89.4 Å². The van der Waals surface area contributed by atoms with Gasteiger partial charge in [-0.15, -0.1) is 5.10 Å². The minimum absolute atomic E-state index is 0.111. The molecule has 1 aromatic carbocycles. The number of aromatic nitrogens is 4. The summed E-state index contributed by atoms with van der Waals surface area (Å²) in [6.07, 6.45) is 1.02. The summed E-state index contributed by atoms with van der Waals surface area (Å²) in [5.41, 5.74) is 7.92. The Hall–Kier alpha value is -3.10. The average Bonchev–Trinajstić information content (AvgIpc) is 3.35. The molecule has 9 heteroatoms. The van der Waals surface area contributed by atoms with E-state index in [4.69, 9.17) is 5.73 Å². The van der Waals surface area contributed by atoms with Gasteiger partial charge in [0, 0.05) is 24.0 Å². The van der Waals surface area contributed by atoms with Gasteiger partial charge in [0.25, 0.3) is 5.92 Å². The van der Waals surface area contributed by atoms with Crippen molar-refractivity contribution in [1.29, 1.82) is 0 Å². The minimum Gasteiger partial charge on any atom is -0.368 e. The van der Waals surface area contributed by atoms with Crippen LogP contribution in [0.1, 0.15) is 31.1 Å². The average molecular weight is 384 g/mol. The highest BCUT2D eigenvalue weighted by Crippen LogP contribution is 2.43. The number of likely N-dealkylation sites (tertiary alicyclic amines) is 1. The van der Waals surface area contributed by atoms with Crippen molar-refractivity contribution in [2.24, 2.45) is 5.92 Å². The molecular weight excluding hydrogens is 366 g/mol. The lowest BCUT2D eigenvalue weighted by Crippen LogP contribution is -2.34. The molecule has 0 unspecified atom stereocenters. The second-order valence-corrected chi connectivity index (χ2v) is 7.42. The van der Waals surface area contributed by atoms with Crippen LogP contribution in [0.5, 0.6) is 0 Å². The highest BCUT2D eigenvalue weighted by Gasteiger charge is 2.51.